The van der Waals surface area contributed by atoms with Crippen molar-refractivity contribution in [2.24, 2.45) is 0 Å². The largest absolute Gasteiger partial charge is 0.478 e. The van der Waals surface area contributed by atoms with Crippen LogP contribution in [0.5, 0.6) is 0 Å². The number of carbonyl (C=O) groups is 2. The third-order valence-corrected chi connectivity index (χ3v) is 4.25. The van der Waals surface area contributed by atoms with Gasteiger partial charge in [0.1, 0.15) is 0 Å². The SMILES string of the molecule is Cc1cccc2sc(NC(=O)CCn3cc(C(=O)O)cn3)nc12. The molecule has 8 heteroatoms. The van der Waals surface area contributed by atoms with Gasteiger partial charge in [0.2, 0.25) is 5.91 Å². The second-order valence-electron chi connectivity index (χ2n) is 5.04. The van der Waals surface area contributed by atoms with Crippen molar-refractivity contribution in [1.29, 1.82) is 0 Å². The second-order valence-corrected chi connectivity index (χ2v) is 6.07. The fraction of sp³-hybridized carbons (Fsp3) is 0.200. The summed E-state index contributed by atoms with van der Waals surface area (Å²) in [7, 11) is 0. The molecule has 23 heavy (non-hydrogen) atoms. The molecule has 0 aliphatic heterocycles. The minimum atomic E-state index is -1.04. The standard InChI is InChI=1S/C15H14N4O3S/c1-9-3-2-4-11-13(9)18-15(23-11)17-12(20)5-6-19-8-10(7-16-19)14(21)22/h2-4,7-8H,5-6H2,1H3,(H,21,22)(H,17,18,20). The van der Waals surface area contributed by atoms with Gasteiger partial charge in [-0.1, -0.05) is 23.5 Å². The van der Waals surface area contributed by atoms with Gasteiger partial charge in [-0.3, -0.25) is 9.48 Å². The number of aryl methyl sites for hydroxylation is 2. The molecule has 3 aromatic rings. The third-order valence-electron chi connectivity index (χ3n) is 3.32. The number of rotatable bonds is 5. The molecule has 0 fully saturated rings. The number of fused-ring (bicyclic) bond motifs is 1. The molecule has 0 aliphatic rings. The molecule has 7 nitrogen and oxygen atoms in total. The summed E-state index contributed by atoms with van der Waals surface area (Å²) in [6.07, 6.45) is 2.85. The molecule has 0 aliphatic carbocycles. The number of anilines is 1. The number of aromatic nitrogens is 3. The number of hydrogen-bond acceptors (Lipinski definition) is 5. The van der Waals surface area contributed by atoms with Crippen LogP contribution in [0.3, 0.4) is 0 Å². The first-order chi connectivity index (χ1) is 11.0. The average Bonchev–Trinajstić information content (AvgIpc) is 3.12. The van der Waals surface area contributed by atoms with E-state index in [4.69, 9.17) is 5.11 Å². The number of aromatic carboxylic acids is 1. The second kappa shape index (κ2) is 6.17. The molecule has 118 valence electrons. The normalized spacial score (nSPS) is 10.8. The van der Waals surface area contributed by atoms with Gasteiger partial charge in [0.05, 0.1) is 22.0 Å². The van der Waals surface area contributed by atoms with E-state index in [1.165, 1.54) is 28.4 Å². The van der Waals surface area contributed by atoms with Crippen LogP contribution in [0.15, 0.2) is 30.6 Å². The number of carboxylic acids is 1. The van der Waals surface area contributed by atoms with E-state index in [1.54, 1.807) is 0 Å². The molecule has 0 unspecified atom stereocenters. The molecular weight excluding hydrogens is 316 g/mol. The Morgan fingerprint density at radius 1 is 1.39 bits per heavy atom. The van der Waals surface area contributed by atoms with E-state index in [1.807, 2.05) is 25.1 Å². The van der Waals surface area contributed by atoms with Gasteiger partial charge < -0.3 is 10.4 Å². The highest BCUT2D eigenvalue weighted by molar-refractivity contribution is 7.22. The molecule has 3 rings (SSSR count). The van der Waals surface area contributed by atoms with Gasteiger partial charge in [0.25, 0.3) is 0 Å². The van der Waals surface area contributed by atoms with Crippen molar-refractivity contribution in [3.8, 4) is 0 Å². The molecular formula is C15H14N4O3S. The first kappa shape index (κ1) is 15.2. The Hall–Kier alpha value is -2.74. The lowest BCUT2D eigenvalue weighted by Crippen LogP contribution is -2.14. The summed E-state index contributed by atoms with van der Waals surface area (Å²) in [5.74, 6) is -1.22. The average molecular weight is 330 g/mol. The van der Waals surface area contributed by atoms with Crippen LogP contribution in [-0.4, -0.2) is 31.7 Å². The molecule has 0 saturated heterocycles. The monoisotopic (exact) mass is 330 g/mol. The number of para-hydroxylation sites is 1. The summed E-state index contributed by atoms with van der Waals surface area (Å²) in [5, 5.41) is 16.1. The minimum Gasteiger partial charge on any atom is -0.478 e. The Morgan fingerprint density at radius 2 is 2.22 bits per heavy atom. The fourth-order valence-electron chi connectivity index (χ4n) is 2.13. The van der Waals surface area contributed by atoms with Gasteiger partial charge in [-0.2, -0.15) is 5.10 Å². The zero-order chi connectivity index (χ0) is 16.4. The van der Waals surface area contributed by atoms with Crippen LogP contribution in [0, 0.1) is 6.92 Å². The first-order valence-electron chi connectivity index (χ1n) is 6.94. The zero-order valence-corrected chi connectivity index (χ0v) is 13.1. The predicted molar refractivity (Wildman–Crippen MR) is 86.8 cm³/mol. The lowest BCUT2D eigenvalue weighted by atomic mass is 10.2. The lowest BCUT2D eigenvalue weighted by molar-refractivity contribution is -0.116. The highest BCUT2D eigenvalue weighted by Gasteiger charge is 2.10. The van der Waals surface area contributed by atoms with E-state index in [0.717, 1.165) is 15.8 Å². The van der Waals surface area contributed by atoms with Crippen molar-refractivity contribution < 1.29 is 14.7 Å². The van der Waals surface area contributed by atoms with Crippen molar-refractivity contribution in [3.05, 3.63) is 41.7 Å². The van der Waals surface area contributed by atoms with E-state index in [0.29, 0.717) is 11.7 Å². The molecule has 0 bridgehead atoms. The number of carboxylic acid groups (broad SMARTS) is 1. The Bertz CT molecular complexity index is 884. The van der Waals surface area contributed by atoms with Crippen LogP contribution < -0.4 is 5.32 Å². The topological polar surface area (TPSA) is 97.1 Å². The number of benzene rings is 1. The van der Waals surface area contributed by atoms with Gasteiger partial charge in [-0.15, -0.1) is 0 Å². The van der Waals surface area contributed by atoms with E-state index >= 15 is 0 Å². The molecule has 1 amide bonds. The van der Waals surface area contributed by atoms with Crippen LogP contribution in [0.4, 0.5) is 5.13 Å². The van der Waals surface area contributed by atoms with E-state index < -0.39 is 5.97 Å². The Kier molecular flexibility index (Phi) is 4.07. The van der Waals surface area contributed by atoms with Crippen molar-refractivity contribution >= 4 is 38.6 Å². The summed E-state index contributed by atoms with van der Waals surface area (Å²) in [6.45, 7) is 2.29. The maximum absolute atomic E-state index is 12.0. The summed E-state index contributed by atoms with van der Waals surface area (Å²) >= 11 is 1.43. The number of carbonyl (C=O) groups excluding carboxylic acids is 1. The molecule has 0 radical (unpaired) electrons. The summed E-state index contributed by atoms with van der Waals surface area (Å²) in [4.78, 5) is 27.2. The summed E-state index contributed by atoms with van der Waals surface area (Å²) in [5.41, 5.74) is 2.06. The van der Waals surface area contributed by atoms with Gasteiger partial charge in [0, 0.05) is 19.2 Å². The predicted octanol–water partition coefficient (Wildman–Crippen LogP) is 2.53. The van der Waals surface area contributed by atoms with Crippen molar-refractivity contribution in [1.82, 2.24) is 14.8 Å². The molecule has 0 atom stereocenters. The number of nitrogens with one attached hydrogen (secondary N) is 1. The number of amides is 1. The van der Waals surface area contributed by atoms with Gasteiger partial charge in [0.15, 0.2) is 5.13 Å². The number of hydrogen-bond donors (Lipinski definition) is 2. The van der Waals surface area contributed by atoms with E-state index in [9.17, 15) is 9.59 Å². The zero-order valence-electron chi connectivity index (χ0n) is 12.3. The third kappa shape index (κ3) is 3.37. The van der Waals surface area contributed by atoms with Crippen molar-refractivity contribution in [2.75, 3.05) is 5.32 Å². The molecule has 2 N–H and O–H groups in total. The fourth-order valence-corrected chi connectivity index (χ4v) is 3.09. The van der Waals surface area contributed by atoms with Gasteiger partial charge >= 0.3 is 5.97 Å². The van der Waals surface area contributed by atoms with Crippen LogP contribution >= 0.6 is 11.3 Å². The lowest BCUT2D eigenvalue weighted by Gasteiger charge is -2.01. The molecule has 0 saturated carbocycles. The van der Waals surface area contributed by atoms with Crippen LogP contribution in [0.25, 0.3) is 10.2 Å². The maximum Gasteiger partial charge on any atom is 0.338 e. The molecule has 2 heterocycles. The molecule has 1 aromatic carbocycles. The summed E-state index contributed by atoms with van der Waals surface area (Å²) < 4.78 is 2.46. The summed E-state index contributed by atoms with van der Waals surface area (Å²) in [6, 6.07) is 5.90. The van der Waals surface area contributed by atoms with E-state index in [-0.39, 0.29) is 17.9 Å². The smallest absolute Gasteiger partial charge is 0.338 e. The highest BCUT2D eigenvalue weighted by atomic mass is 32.1. The molecule has 0 spiro atoms. The maximum atomic E-state index is 12.0. The Labute approximate surface area is 135 Å². The van der Waals surface area contributed by atoms with Crippen LogP contribution in [0.2, 0.25) is 0 Å². The van der Waals surface area contributed by atoms with Crippen molar-refractivity contribution in [2.45, 2.75) is 19.9 Å². The van der Waals surface area contributed by atoms with Gasteiger partial charge in [-0.25, -0.2) is 9.78 Å². The highest BCUT2D eigenvalue weighted by Crippen LogP contribution is 2.27. The van der Waals surface area contributed by atoms with E-state index in [2.05, 4.69) is 15.4 Å². The molecule has 2 aromatic heterocycles. The Balaban J connectivity index is 1.61. The van der Waals surface area contributed by atoms with Crippen LogP contribution in [0.1, 0.15) is 22.3 Å². The van der Waals surface area contributed by atoms with Crippen LogP contribution in [-0.2, 0) is 11.3 Å². The number of nitrogens with zero attached hydrogens (tertiary/aromatic N) is 3. The van der Waals surface area contributed by atoms with Crippen molar-refractivity contribution in [3.63, 3.8) is 0 Å². The minimum absolute atomic E-state index is 0.104. The quantitative estimate of drug-likeness (QED) is 0.749. The first-order valence-corrected chi connectivity index (χ1v) is 7.76. The van der Waals surface area contributed by atoms with Gasteiger partial charge in [-0.05, 0) is 18.6 Å². The number of thiazole rings is 1. The Morgan fingerprint density at radius 3 is 2.91 bits per heavy atom.